The van der Waals surface area contributed by atoms with E-state index >= 15 is 0 Å². The van der Waals surface area contributed by atoms with Gasteiger partial charge in [-0.05, 0) is 68.7 Å². The quantitative estimate of drug-likeness (QED) is 0.717. The number of ether oxygens (including phenoxy) is 1. The molecule has 1 fully saturated rings. The van der Waals surface area contributed by atoms with E-state index in [-0.39, 0.29) is 12.1 Å². The van der Waals surface area contributed by atoms with E-state index in [2.05, 4.69) is 36.1 Å². The minimum absolute atomic E-state index is 0.0321. The minimum Gasteiger partial charge on any atom is -0.493 e. The summed E-state index contributed by atoms with van der Waals surface area (Å²) in [5.74, 6) is 1.35. The van der Waals surface area contributed by atoms with Gasteiger partial charge in [0.1, 0.15) is 5.75 Å². The number of hydrogen-bond acceptors (Lipinski definition) is 4. The summed E-state index contributed by atoms with van der Waals surface area (Å²) >= 11 is 0. The van der Waals surface area contributed by atoms with E-state index < -0.39 is 0 Å². The predicted molar refractivity (Wildman–Crippen MR) is 119 cm³/mol. The Morgan fingerprint density at radius 2 is 1.90 bits per heavy atom. The molecule has 1 aliphatic rings. The van der Waals surface area contributed by atoms with Gasteiger partial charge in [-0.25, -0.2) is 4.79 Å². The Hall–Kier alpha value is -2.60. The van der Waals surface area contributed by atoms with Crippen molar-refractivity contribution in [1.29, 1.82) is 0 Å². The van der Waals surface area contributed by atoms with E-state index in [9.17, 15) is 4.79 Å². The lowest BCUT2D eigenvalue weighted by Gasteiger charge is -2.32. The Balaban J connectivity index is 1.65. The van der Waals surface area contributed by atoms with Gasteiger partial charge in [0.05, 0.1) is 18.8 Å². The van der Waals surface area contributed by atoms with Gasteiger partial charge in [0.2, 0.25) is 0 Å². The molecule has 2 heterocycles. The number of nitrogens with one attached hydrogen (secondary N) is 1. The van der Waals surface area contributed by atoms with E-state index in [4.69, 9.17) is 4.74 Å². The van der Waals surface area contributed by atoms with Gasteiger partial charge in [0.25, 0.3) is 0 Å². The summed E-state index contributed by atoms with van der Waals surface area (Å²) in [7, 11) is 2.12. The molecule has 0 saturated carbocycles. The number of pyridine rings is 1. The van der Waals surface area contributed by atoms with Crippen LogP contribution in [0.3, 0.4) is 0 Å². The molecule has 0 unspecified atom stereocenters. The van der Waals surface area contributed by atoms with Gasteiger partial charge in [-0.1, -0.05) is 32.0 Å². The Bertz CT molecular complexity index is 772. The van der Waals surface area contributed by atoms with Crippen LogP contribution in [0.1, 0.15) is 37.9 Å². The van der Waals surface area contributed by atoms with Gasteiger partial charge >= 0.3 is 6.03 Å². The van der Waals surface area contributed by atoms with Crippen molar-refractivity contribution in [2.75, 3.05) is 26.7 Å². The monoisotopic (exact) mass is 410 g/mol. The van der Waals surface area contributed by atoms with E-state index in [0.717, 1.165) is 42.9 Å². The second kappa shape index (κ2) is 11.0. The lowest BCUT2D eigenvalue weighted by atomic mass is 10.1. The van der Waals surface area contributed by atoms with Crippen LogP contribution in [-0.4, -0.2) is 53.6 Å². The highest BCUT2D eigenvalue weighted by Gasteiger charge is 2.22. The summed E-state index contributed by atoms with van der Waals surface area (Å²) in [6.45, 7) is 8.00. The summed E-state index contributed by atoms with van der Waals surface area (Å²) in [5.41, 5.74) is 1.95. The first kappa shape index (κ1) is 22.1. The number of hydrogen-bond donors (Lipinski definition) is 1. The third-order valence-corrected chi connectivity index (χ3v) is 5.29. The molecule has 6 nitrogen and oxygen atoms in total. The molecule has 3 rings (SSSR count). The van der Waals surface area contributed by atoms with Crippen LogP contribution in [0.15, 0.2) is 48.7 Å². The Morgan fingerprint density at radius 1 is 1.17 bits per heavy atom. The summed E-state index contributed by atoms with van der Waals surface area (Å²) in [4.78, 5) is 21.6. The van der Waals surface area contributed by atoms with Crippen LogP contribution >= 0.6 is 0 Å². The first-order valence-electron chi connectivity index (χ1n) is 10.8. The first-order valence-corrected chi connectivity index (χ1v) is 10.8. The van der Waals surface area contributed by atoms with Crippen molar-refractivity contribution in [3.8, 4) is 5.75 Å². The highest BCUT2D eigenvalue weighted by molar-refractivity contribution is 5.74. The number of amides is 2. The lowest BCUT2D eigenvalue weighted by Crippen LogP contribution is -2.48. The SMILES string of the molecule is CC(C)COc1ccc(CN(Cc2ccccn2)C(=O)NC2CCN(C)CC2)cc1. The Kier molecular flexibility index (Phi) is 8.08. The zero-order valence-electron chi connectivity index (χ0n) is 18.4. The van der Waals surface area contributed by atoms with Crippen LogP contribution in [0.5, 0.6) is 5.75 Å². The fraction of sp³-hybridized carbons (Fsp3) is 0.500. The molecule has 0 aliphatic carbocycles. The van der Waals surface area contributed by atoms with Gasteiger partial charge in [0.15, 0.2) is 0 Å². The van der Waals surface area contributed by atoms with Crippen molar-refractivity contribution in [2.45, 2.75) is 45.8 Å². The van der Waals surface area contributed by atoms with Gasteiger partial charge in [0, 0.05) is 18.8 Å². The molecule has 1 N–H and O–H groups in total. The molecule has 0 radical (unpaired) electrons. The van der Waals surface area contributed by atoms with Crippen LogP contribution < -0.4 is 10.1 Å². The zero-order valence-corrected chi connectivity index (χ0v) is 18.4. The highest BCUT2D eigenvalue weighted by Crippen LogP contribution is 2.17. The molecular formula is C24H34N4O2. The van der Waals surface area contributed by atoms with Crippen molar-refractivity contribution in [2.24, 2.45) is 5.92 Å². The summed E-state index contributed by atoms with van der Waals surface area (Å²) in [6, 6.07) is 14.0. The smallest absolute Gasteiger partial charge is 0.318 e. The molecular weight excluding hydrogens is 376 g/mol. The fourth-order valence-corrected chi connectivity index (χ4v) is 3.48. The Labute approximate surface area is 180 Å². The third kappa shape index (κ3) is 7.02. The molecule has 2 amide bonds. The van der Waals surface area contributed by atoms with Gasteiger partial charge in [-0.15, -0.1) is 0 Å². The molecule has 0 bridgehead atoms. The van der Waals surface area contributed by atoms with E-state index in [1.165, 1.54) is 0 Å². The number of piperidine rings is 1. The maximum Gasteiger partial charge on any atom is 0.318 e. The topological polar surface area (TPSA) is 57.7 Å². The van der Waals surface area contributed by atoms with Gasteiger partial charge in [-0.3, -0.25) is 4.98 Å². The van der Waals surface area contributed by atoms with Crippen LogP contribution in [0.2, 0.25) is 0 Å². The van der Waals surface area contributed by atoms with Crippen LogP contribution in [-0.2, 0) is 13.1 Å². The molecule has 1 aromatic heterocycles. The molecule has 30 heavy (non-hydrogen) atoms. The molecule has 1 aliphatic heterocycles. The standard InChI is InChI=1S/C24H34N4O2/c1-19(2)18-30-23-9-7-20(8-10-23)16-28(17-22-6-4-5-13-25-22)24(29)26-21-11-14-27(3)15-12-21/h4-10,13,19,21H,11-12,14-18H2,1-3H3,(H,26,29). The molecule has 2 aromatic rings. The van der Waals surface area contributed by atoms with Crippen LogP contribution in [0.25, 0.3) is 0 Å². The molecule has 1 saturated heterocycles. The third-order valence-electron chi connectivity index (χ3n) is 5.29. The maximum atomic E-state index is 13.1. The molecule has 0 atom stereocenters. The normalized spacial score (nSPS) is 15.2. The number of aromatic nitrogens is 1. The number of nitrogens with zero attached hydrogens (tertiary/aromatic N) is 3. The highest BCUT2D eigenvalue weighted by atomic mass is 16.5. The fourth-order valence-electron chi connectivity index (χ4n) is 3.48. The van der Waals surface area contributed by atoms with Crippen molar-refractivity contribution >= 4 is 6.03 Å². The summed E-state index contributed by atoms with van der Waals surface area (Å²) < 4.78 is 5.77. The average molecular weight is 411 g/mol. The van der Waals surface area contributed by atoms with Crippen molar-refractivity contribution < 1.29 is 9.53 Å². The van der Waals surface area contributed by atoms with Crippen LogP contribution in [0.4, 0.5) is 4.79 Å². The van der Waals surface area contributed by atoms with Gasteiger partial charge in [-0.2, -0.15) is 0 Å². The largest absolute Gasteiger partial charge is 0.493 e. The lowest BCUT2D eigenvalue weighted by molar-refractivity contribution is 0.175. The second-order valence-corrected chi connectivity index (χ2v) is 8.55. The minimum atomic E-state index is -0.0321. The molecule has 1 aromatic carbocycles. The number of rotatable bonds is 8. The van der Waals surface area contributed by atoms with E-state index in [1.54, 1.807) is 6.20 Å². The molecule has 6 heteroatoms. The first-order chi connectivity index (χ1) is 14.5. The van der Waals surface area contributed by atoms with E-state index in [0.29, 0.717) is 25.6 Å². The van der Waals surface area contributed by atoms with Gasteiger partial charge < -0.3 is 19.9 Å². The second-order valence-electron chi connectivity index (χ2n) is 8.55. The number of urea groups is 1. The van der Waals surface area contributed by atoms with Crippen LogP contribution in [0, 0.1) is 5.92 Å². The number of likely N-dealkylation sites (tertiary alicyclic amines) is 1. The number of carbonyl (C=O) groups is 1. The van der Waals surface area contributed by atoms with Crippen molar-refractivity contribution in [3.63, 3.8) is 0 Å². The Morgan fingerprint density at radius 3 is 2.53 bits per heavy atom. The predicted octanol–water partition coefficient (Wildman–Crippen LogP) is 3.92. The molecule has 162 valence electrons. The average Bonchev–Trinajstić information content (AvgIpc) is 2.75. The van der Waals surface area contributed by atoms with Crippen molar-refractivity contribution in [3.05, 3.63) is 59.9 Å². The number of benzene rings is 1. The summed E-state index contributed by atoms with van der Waals surface area (Å²) in [6.07, 6.45) is 3.74. The maximum absolute atomic E-state index is 13.1. The summed E-state index contributed by atoms with van der Waals surface area (Å²) in [5, 5.41) is 3.23. The molecule has 0 spiro atoms. The van der Waals surface area contributed by atoms with Crippen molar-refractivity contribution in [1.82, 2.24) is 20.1 Å². The number of carbonyl (C=O) groups excluding carboxylic acids is 1. The zero-order chi connectivity index (χ0) is 21.3. The van der Waals surface area contributed by atoms with E-state index in [1.807, 2.05) is 47.4 Å².